The number of amides is 2. The maximum absolute atomic E-state index is 12.6. The van der Waals surface area contributed by atoms with Gasteiger partial charge in [-0.15, -0.1) is 23.2 Å². The predicted molar refractivity (Wildman–Crippen MR) is 92.8 cm³/mol. The molecule has 1 saturated heterocycles. The van der Waals surface area contributed by atoms with Crippen molar-refractivity contribution in [3.8, 4) is 5.75 Å². The van der Waals surface area contributed by atoms with Crippen LogP contribution >= 0.6 is 23.2 Å². The number of ether oxygens (including phenoxy) is 1. The predicted octanol–water partition coefficient (Wildman–Crippen LogP) is 2.48. The first kappa shape index (κ1) is 17.4. The van der Waals surface area contributed by atoms with E-state index < -0.39 is 4.33 Å². The van der Waals surface area contributed by atoms with E-state index in [9.17, 15) is 9.59 Å². The van der Waals surface area contributed by atoms with Crippen molar-refractivity contribution in [2.75, 3.05) is 33.3 Å². The molecule has 0 spiro atoms. The summed E-state index contributed by atoms with van der Waals surface area (Å²) in [6.07, 6.45) is 0.511. The second kappa shape index (κ2) is 6.45. The molecule has 1 saturated carbocycles. The lowest BCUT2D eigenvalue weighted by Crippen LogP contribution is -2.51. The molecule has 3 rings (SSSR count). The molecular formula is C17H20Cl2N2O3. The number of methoxy groups -OCH3 is 1. The van der Waals surface area contributed by atoms with E-state index in [1.54, 1.807) is 29.0 Å². The topological polar surface area (TPSA) is 49.9 Å². The standard InChI is InChI=1S/C17H20Cl2N2O3/c1-11-3-4-12(9-14(11)24-2)15(22)20-5-7-21(8-6-20)16(23)13-10-17(13,18)19/h3-4,9,13H,5-8,10H2,1-2H3. The number of carbonyl (C=O) groups excluding carboxylic acids is 2. The molecule has 1 heterocycles. The van der Waals surface area contributed by atoms with E-state index in [-0.39, 0.29) is 17.7 Å². The lowest BCUT2D eigenvalue weighted by atomic mass is 10.1. The number of alkyl halides is 2. The highest BCUT2D eigenvalue weighted by Gasteiger charge is 2.57. The maximum atomic E-state index is 12.6. The first-order valence-electron chi connectivity index (χ1n) is 7.94. The summed E-state index contributed by atoms with van der Waals surface area (Å²) in [5.74, 6) is 0.341. The van der Waals surface area contributed by atoms with Gasteiger partial charge in [-0.3, -0.25) is 9.59 Å². The molecule has 24 heavy (non-hydrogen) atoms. The van der Waals surface area contributed by atoms with Crippen LogP contribution in [0.2, 0.25) is 0 Å². The van der Waals surface area contributed by atoms with E-state index >= 15 is 0 Å². The number of aryl methyl sites for hydroxylation is 1. The third-order valence-corrected chi connectivity index (χ3v) is 5.49. The van der Waals surface area contributed by atoms with Crippen molar-refractivity contribution in [1.82, 2.24) is 9.80 Å². The van der Waals surface area contributed by atoms with Crippen molar-refractivity contribution in [2.24, 2.45) is 5.92 Å². The minimum absolute atomic E-state index is 0.0101. The van der Waals surface area contributed by atoms with Gasteiger partial charge in [0.15, 0.2) is 0 Å². The minimum atomic E-state index is -0.900. The van der Waals surface area contributed by atoms with Crippen LogP contribution in [0, 0.1) is 12.8 Å². The van der Waals surface area contributed by atoms with Gasteiger partial charge in [0.1, 0.15) is 10.1 Å². The zero-order valence-electron chi connectivity index (χ0n) is 13.7. The number of hydrogen-bond donors (Lipinski definition) is 0. The van der Waals surface area contributed by atoms with Crippen molar-refractivity contribution in [3.05, 3.63) is 29.3 Å². The fourth-order valence-corrected chi connectivity index (χ4v) is 3.46. The summed E-state index contributed by atoms with van der Waals surface area (Å²) in [7, 11) is 1.59. The van der Waals surface area contributed by atoms with Crippen molar-refractivity contribution in [1.29, 1.82) is 0 Å². The highest BCUT2D eigenvalue weighted by atomic mass is 35.5. The van der Waals surface area contributed by atoms with Crippen molar-refractivity contribution >= 4 is 35.0 Å². The molecule has 7 heteroatoms. The normalized spacial score (nSPS) is 22.2. The number of piperazine rings is 1. The second-order valence-corrected chi connectivity index (χ2v) is 7.86. The molecule has 130 valence electrons. The van der Waals surface area contributed by atoms with Crippen LogP contribution in [0.5, 0.6) is 5.75 Å². The molecular weight excluding hydrogens is 351 g/mol. The number of halogens is 2. The van der Waals surface area contributed by atoms with E-state index in [4.69, 9.17) is 27.9 Å². The lowest BCUT2D eigenvalue weighted by molar-refractivity contribution is -0.134. The Kier molecular flexibility index (Phi) is 4.67. The van der Waals surface area contributed by atoms with Crippen LogP contribution in [0.15, 0.2) is 18.2 Å². The largest absolute Gasteiger partial charge is 0.496 e. The van der Waals surface area contributed by atoms with Crippen LogP contribution in [-0.4, -0.2) is 59.2 Å². The minimum Gasteiger partial charge on any atom is -0.496 e. The monoisotopic (exact) mass is 370 g/mol. The Hall–Kier alpha value is -1.46. The van der Waals surface area contributed by atoms with E-state index in [1.807, 2.05) is 13.0 Å². The first-order valence-corrected chi connectivity index (χ1v) is 8.69. The van der Waals surface area contributed by atoms with Crippen LogP contribution in [0.1, 0.15) is 22.3 Å². The van der Waals surface area contributed by atoms with Crippen molar-refractivity contribution < 1.29 is 14.3 Å². The van der Waals surface area contributed by atoms with Gasteiger partial charge in [-0.05, 0) is 31.0 Å². The Bertz CT molecular complexity index is 670. The highest BCUT2D eigenvalue weighted by molar-refractivity contribution is 6.52. The summed E-state index contributed by atoms with van der Waals surface area (Å²) in [5.41, 5.74) is 1.58. The lowest BCUT2D eigenvalue weighted by Gasteiger charge is -2.35. The molecule has 0 bridgehead atoms. The third-order valence-electron chi connectivity index (χ3n) is 4.66. The zero-order valence-corrected chi connectivity index (χ0v) is 15.2. The molecule has 0 N–H and O–H groups in total. The highest BCUT2D eigenvalue weighted by Crippen LogP contribution is 2.53. The third kappa shape index (κ3) is 3.33. The van der Waals surface area contributed by atoms with Crippen LogP contribution in [0.3, 0.4) is 0 Å². The summed E-state index contributed by atoms with van der Waals surface area (Å²) in [6, 6.07) is 5.44. The van der Waals surface area contributed by atoms with Crippen LogP contribution in [0.4, 0.5) is 0 Å². The Morgan fingerprint density at radius 1 is 1.17 bits per heavy atom. The smallest absolute Gasteiger partial charge is 0.254 e. The molecule has 1 atom stereocenters. The average molecular weight is 371 g/mol. The molecule has 1 aromatic rings. The van der Waals surface area contributed by atoms with Crippen molar-refractivity contribution in [3.63, 3.8) is 0 Å². The fourth-order valence-electron chi connectivity index (χ4n) is 2.97. The number of benzene rings is 1. The quantitative estimate of drug-likeness (QED) is 0.768. The molecule has 0 radical (unpaired) electrons. The summed E-state index contributed by atoms with van der Waals surface area (Å²) in [5, 5.41) is 0. The maximum Gasteiger partial charge on any atom is 0.254 e. The summed E-state index contributed by atoms with van der Waals surface area (Å²) < 4.78 is 4.38. The summed E-state index contributed by atoms with van der Waals surface area (Å²) in [4.78, 5) is 28.4. The average Bonchev–Trinajstić information content (AvgIpc) is 3.22. The van der Waals surface area contributed by atoms with Gasteiger partial charge in [0.05, 0.1) is 13.0 Å². The molecule has 0 aromatic heterocycles. The van der Waals surface area contributed by atoms with Crippen molar-refractivity contribution in [2.45, 2.75) is 17.7 Å². The van der Waals surface area contributed by atoms with E-state index in [1.165, 1.54) is 0 Å². The van der Waals surface area contributed by atoms with E-state index in [2.05, 4.69) is 0 Å². The molecule has 1 aliphatic carbocycles. The molecule has 1 aromatic carbocycles. The summed E-state index contributed by atoms with van der Waals surface area (Å²) >= 11 is 11.9. The number of rotatable bonds is 3. The number of hydrogen-bond acceptors (Lipinski definition) is 3. The molecule has 1 unspecified atom stereocenters. The van der Waals surface area contributed by atoms with E-state index in [0.717, 1.165) is 5.56 Å². The molecule has 2 fully saturated rings. The molecule has 1 aliphatic heterocycles. The van der Waals surface area contributed by atoms with Crippen LogP contribution in [0.25, 0.3) is 0 Å². The fraction of sp³-hybridized carbons (Fsp3) is 0.529. The van der Waals surface area contributed by atoms with Gasteiger partial charge in [-0.2, -0.15) is 0 Å². The van der Waals surface area contributed by atoms with E-state index in [0.29, 0.717) is 43.9 Å². The first-order chi connectivity index (χ1) is 11.3. The van der Waals surface area contributed by atoms with Gasteiger partial charge in [0.25, 0.3) is 5.91 Å². The van der Waals surface area contributed by atoms with Gasteiger partial charge in [0.2, 0.25) is 5.91 Å². The Balaban J connectivity index is 1.60. The molecule has 5 nitrogen and oxygen atoms in total. The second-order valence-electron chi connectivity index (χ2n) is 6.32. The van der Waals surface area contributed by atoms with Gasteiger partial charge >= 0.3 is 0 Å². The van der Waals surface area contributed by atoms with Gasteiger partial charge in [0, 0.05) is 31.7 Å². The van der Waals surface area contributed by atoms with Crippen LogP contribution in [-0.2, 0) is 4.79 Å². The Morgan fingerprint density at radius 3 is 2.29 bits per heavy atom. The molecule has 2 aliphatic rings. The van der Waals surface area contributed by atoms with Crippen LogP contribution < -0.4 is 4.74 Å². The van der Waals surface area contributed by atoms with Gasteiger partial charge in [-0.1, -0.05) is 6.07 Å². The van der Waals surface area contributed by atoms with Gasteiger partial charge in [-0.25, -0.2) is 0 Å². The Labute approximate surface area is 151 Å². The SMILES string of the molecule is COc1cc(C(=O)N2CCN(C(=O)C3CC3(Cl)Cl)CC2)ccc1C. The number of carbonyl (C=O) groups is 2. The summed E-state index contributed by atoms with van der Waals surface area (Å²) in [6.45, 7) is 3.96. The zero-order chi connectivity index (χ0) is 17.5. The Morgan fingerprint density at radius 2 is 1.75 bits per heavy atom. The van der Waals surface area contributed by atoms with Gasteiger partial charge < -0.3 is 14.5 Å². The number of nitrogens with zero attached hydrogens (tertiary/aromatic N) is 2. The molecule has 2 amide bonds.